The van der Waals surface area contributed by atoms with E-state index in [2.05, 4.69) is 4.98 Å². The van der Waals surface area contributed by atoms with Gasteiger partial charge in [0.2, 0.25) is 0 Å². The molecular formula is C17H13ClFNO2. The number of halogens is 2. The van der Waals surface area contributed by atoms with E-state index in [9.17, 15) is 9.18 Å². The number of rotatable bonds is 3. The average Bonchev–Trinajstić information content (AvgIpc) is 2.85. The molecule has 1 N–H and O–H groups in total. The van der Waals surface area contributed by atoms with Crippen LogP contribution in [0.15, 0.2) is 42.5 Å². The summed E-state index contributed by atoms with van der Waals surface area (Å²) in [4.78, 5) is 14.9. The zero-order chi connectivity index (χ0) is 15.7. The van der Waals surface area contributed by atoms with E-state index in [1.165, 1.54) is 19.2 Å². The first kappa shape index (κ1) is 14.6. The van der Waals surface area contributed by atoms with E-state index < -0.39 is 5.97 Å². The van der Waals surface area contributed by atoms with Crippen LogP contribution in [0.25, 0.3) is 22.2 Å². The van der Waals surface area contributed by atoms with Crippen molar-refractivity contribution in [1.29, 1.82) is 0 Å². The zero-order valence-electron chi connectivity index (χ0n) is 11.8. The largest absolute Gasteiger partial charge is 0.469 e. The number of aromatic nitrogens is 1. The first-order valence-electron chi connectivity index (χ1n) is 6.72. The average molecular weight is 318 g/mol. The number of nitrogens with one attached hydrogen (secondary N) is 1. The quantitative estimate of drug-likeness (QED) is 0.730. The monoisotopic (exact) mass is 317 g/mol. The summed E-state index contributed by atoms with van der Waals surface area (Å²) in [5, 5.41) is 1.21. The van der Waals surface area contributed by atoms with E-state index >= 15 is 0 Å². The lowest BCUT2D eigenvalue weighted by molar-refractivity contribution is -0.139. The van der Waals surface area contributed by atoms with Crippen LogP contribution in [0.4, 0.5) is 4.39 Å². The molecule has 0 unspecified atom stereocenters. The molecule has 0 saturated heterocycles. The number of esters is 1. The Balaban J connectivity index is 2.27. The maximum atomic E-state index is 13.6. The standard InChI is InChI=1S/C17H13ClFNO2/c1-22-16(21)9-13-12-8-10(19)6-7-15(12)20-17(13)11-4-2-3-5-14(11)18/h2-8,20H,9H2,1H3. The lowest BCUT2D eigenvalue weighted by atomic mass is 10.0. The number of carbonyl (C=O) groups is 1. The molecule has 1 aromatic heterocycles. The number of hydrogen-bond donors (Lipinski definition) is 1. The van der Waals surface area contributed by atoms with E-state index in [1.54, 1.807) is 12.1 Å². The first-order valence-corrected chi connectivity index (χ1v) is 7.09. The van der Waals surface area contributed by atoms with Crippen molar-refractivity contribution < 1.29 is 13.9 Å². The number of methoxy groups -OCH3 is 1. The van der Waals surface area contributed by atoms with Crippen LogP contribution in [0.5, 0.6) is 0 Å². The van der Waals surface area contributed by atoms with Crippen molar-refractivity contribution in [2.24, 2.45) is 0 Å². The summed E-state index contributed by atoms with van der Waals surface area (Å²) >= 11 is 6.25. The highest BCUT2D eigenvalue weighted by atomic mass is 35.5. The second-order valence-corrected chi connectivity index (χ2v) is 5.31. The second kappa shape index (κ2) is 5.81. The molecule has 0 fully saturated rings. The van der Waals surface area contributed by atoms with Gasteiger partial charge >= 0.3 is 5.97 Å². The summed E-state index contributed by atoms with van der Waals surface area (Å²) in [6.07, 6.45) is 0.0422. The van der Waals surface area contributed by atoms with Gasteiger partial charge < -0.3 is 9.72 Å². The van der Waals surface area contributed by atoms with Gasteiger partial charge in [-0.05, 0) is 29.8 Å². The molecule has 0 spiro atoms. The van der Waals surface area contributed by atoms with Crippen molar-refractivity contribution in [2.75, 3.05) is 7.11 Å². The van der Waals surface area contributed by atoms with Gasteiger partial charge in [0.05, 0.1) is 19.2 Å². The van der Waals surface area contributed by atoms with Gasteiger partial charge in [-0.1, -0.05) is 29.8 Å². The highest BCUT2D eigenvalue weighted by Crippen LogP contribution is 2.35. The summed E-state index contributed by atoms with van der Waals surface area (Å²) in [5.74, 6) is -0.748. The zero-order valence-corrected chi connectivity index (χ0v) is 12.6. The third-order valence-corrected chi connectivity index (χ3v) is 3.89. The molecule has 2 aromatic carbocycles. The summed E-state index contributed by atoms with van der Waals surface area (Å²) < 4.78 is 18.3. The van der Waals surface area contributed by atoms with Gasteiger partial charge in [0.25, 0.3) is 0 Å². The molecule has 0 saturated carbocycles. The van der Waals surface area contributed by atoms with Gasteiger partial charge in [0.1, 0.15) is 5.82 Å². The highest BCUT2D eigenvalue weighted by Gasteiger charge is 2.18. The lowest BCUT2D eigenvalue weighted by Crippen LogP contribution is -2.05. The van der Waals surface area contributed by atoms with Crippen molar-refractivity contribution in [3.63, 3.8) is 0 Å². The topological polar surface area (TPSA) is 42.1 Å². The Kier molecular flexibility index (Phi) is 3.86. The molecule has 1 heterocycles. The Hall–Kier alpha value is -2.33. The van der Waals surface area contributed by atoms with Crippen LogP contribution < -0.4 is 0 Å². The fourth-order valence-corrected chi connectivity index (χ4v) is 2.74. The Labute approximate surface area is 131 Å². The minimum Gasteiger partial charge on any atom is -0.469 e. The molecule has 0 aliphatic carbocycles. The van der Waals surface area contributed by atoms with E-state index in [-0.39, 0.29) is 12.2 Å². The highest BCUT2D eigenvalue weighted by molar-refractivity contribution is 6.33. The molecular weight excluding hydrogens is 305 g/mol. The molecule has 5 heteroatoms. The van der Waals surface area contributed by atoms with Gasteiger partial charge in [0.15, 0.2) is 0 Å². The Morgan fingerprint density at radius 2 is 2.05 bits per heavy atom. The first-order chi connectivity index (χ1) is 10.6. The SMILES string of the molecule is COC(=O)Cc1c(-c2ccccc2Cl)[nH]c2ccc(F)cc12. The molecule has 112 valence electrons. The maximum Gasteiger partial charge on any atom is 0.310 e. The molecule has 0 aliphatic heterocycles. The molecule has 3 rings (SSSR count). The fraction of sp³-hybridized carbons (Fsp3) is 0.118. The van der Waals surface area contributed by atoms with E-state index in [1.807, 2.05) is 18.2 Å². The predicted octanol–water partition coefficient (Wildman–Crippen LogP) is 4.34. The van der Waals surface area contributed by atoms with E-state index in [0.29, 0.717) is 21.7 Å². The molecule has 0 atom stereocenters. The number of ether oxygens (including phenoxy) is 1. The van der Waals surface area contributed by atoms with Crippen LogP contribution in [0.1, 0.15) is 5.56 Å². The van der Waals surface area contributed by atoms with Gasteiger partial charge in [0, 0.05) is 21.5 Å². The molecule has 3 aromatic rings. The predicted molar refractivity (Wildman–Crippen MR) is 84.4 cm³/mol. The number of carbonyl (C=O) groups excluding carboxylic acids is 1. The minimum atomic E-state index is -0.390. The normalized spacial score (nSPS) is 10.9. The van der Waals surface area contributed by atoms with Gasteiger partial charge in [-0.15, -0.1) is 0 Å². The van der Waals surface area contributed by atoms with Crippen LogP contribution in [0.2, 0.25) is 5.02 Å². The van der Waals surface area contributed by atoms with Crippen molar-refractivity contribution in [3.05, 3.63) is 58.9 Å². The molecule has 22 heavy (non-hydrogen) atoms. The Bertz CT molecular complexity index is 857. The molecule has 3 nitrogen and oxygen atoms in total. The van der Waals surface area contributed by atoms with Crippen LogP contribution >= 0.6 is 11.6 Å². The number of hydrogen-bond acceptors (Lipinski definition) is 2. The number of benzene rings is 2. The Morgan fingerprint density at radius 3 is 2.77 bits per heavy atom. The third-order valence-electron chi connectivity index (χ3n) is 3.56. The van der Waals surface area contributed by atoms with Gasteiger partial charge in [-0.3, -0.25) is 4.79 Å². The number of aromatic amines is 1. The summed E-state index contributed by atoms with van der Waals surface area (Å²) in [7, 11) is 1.33. The smallest absolute Gasteiger partial charge is 0.310 e. The van der Waals surface area contributed by atoms with E-state index in [4.69, 9.17) is 16.3 Å². The van der Waals surface area contributed by atoms with Crippen LogP contribution in [0.3, 0.4) is 0 Å². The van der Waals surface area contributed by atoms with Gasteiger partial charge in [-0.2, -0.15) is 0 Å². The lowest BCUT2D eigenvalue weighted by Gasteiger charge is -2.06. The van der Waals surface area contributed by atoms with Gasteiger partial charge in [-0.25, -0.2) is 4.39 Å². The molecule has 0 bridgehead atoms. The Morgan fingerprint density at radius 1 is 1.27 bits per heavy atom. The number of H-pyrrole nitrogens is 1. The van der Waals surface area contributed by atoms with Crippen LogP contribution in [0, 0.1) is 5.82 Å². The maximum absolute atomic E-state index is 13.6. The summed E-state index contributed by atoms with van der Waals surface area (Å²) in [6, 6.07) is 11.7. The number of fused-ring (bicyclic) bond motifs is 1. The third kappa shape index (κ3) is 2.57. The summed E-state index contributed by atoms with van der Waals surface area (Å²) in [5.41, 5.74) is 2.89. The van der Waals surface area contributed by atoms with E-state index in [0.717, 1.165) is 11.1 Å². The molecule has 0 aliphatic rings. The van der Waals surface area contributed by atoms with Crippen molar-refractivity contribution >= 4 is 28.5 Å². The summed E-state index contributed by atoms with van der Waals surface area (Å²) in [6.45, 7) is 0. The minimum absolute atomic E-state index is 0.0422. The van der Waals surface area contributed by atoms with Crippen molar-refractivity contribution in [1.82, 2.24) is 4.98 Å². The van der Waals surface area contributed by atoms with Crippen LogP contribution in [-0.4, -0.2) is 18.1 Å². The molecule has 0 radical (unpaired) electrons. The van der Waals surface area contributed by atoms with Crippen molar-refractivity contribution in [3.8, 4) is 11.3 Å². The fourth-order valence-electron chi connectivity index (χ4n) is 2.51. The molecule has 0 amide bonds. The second-order valence-electron chi connectivity index (χ2n) is 4.90. The van der Waals surface area contributed by atoms with Crippen molar-refractivity contribution in [2.45, 2.75) is 6.42 Å². The van der Waals surface area contributed by atoms with Crippen LogP contribution in [-0.2, 0) is 16.0 Å².